The van der Waals surface area contributed by atoms with Gasteiger partial charge in [-0.3, -0.25) is 15.0 Å². The lowest BCUT2D eigenvalue weighted by Crippen LogP contribution is -2.50. The lowest BCUT2D eigenvalue weighted by Gasteiger charge is -2.39. The first-order valence-corrected chi connectivity index (χ1v) is 13.7. The number of rotatable bonds is 6. The molecule has 1 aromatic heterocycles. The number of aromatic nitrogens is 1. The van der Waals surface area contributed by atoms with Crippen LogP contribution in [0.25, 0.3) is 6.08 Å². The third-order valence-electron chi connectivity index (χ3n) is 7.54. The zero-order valence-corrected chi connectivity index (χ0v) is 20.7. The van der Waals surface area contributed by atoms with Crippen LogP contribution in [0.15, 0.2) is 41.8 Å². The zero-order valence-electron chi connectivity index (χ0n) is 19.9. The molecule has 10 nitrogen and oxygen atoms in total. The Bertz CT molecular complexity index is 1350. The molecule has 3 aliphatic heterocycles. The van der Waals surface area contributed by atoms with Crippen LogP contribution in [0.2, 0.25) is 0 Å². The summed E-state index contributed by atoms with van der Waals surface area (Å²) in [6.45, 7) is 8.56. The van der Waals surface area contributed by atoms with E-state index in [4.69, 9.17) is 0 Å². The van der Waals surface area contributed by atoms with Gasteiger partial charge in [0.15, 0.2) is 9.84 Å². The van der Waals surface area contributed by atoms with Gasteiger partial charge < -0.3 is 9.80 Å². The van der Waals surface area contributed by atoms with E-state index in [1.165, 1.54) is 31.5 Å². The smallest absolute Gasteiger partial charge is 0.305 e. The van der Waals surface area contributed by atoms with Gasteiger partial charge in [0.1, 0.15) is 11.9 Å². The maximum Gasteiger partial charge on any atom is 0.305 e. The monoisotopic (exact) mass is 508 g/mol. The van der Waals surface area contributed by atoms with Gasteiger partial charge in [-0.1, -0.05) is 12.7 Å². The second-order valence-electron chi connectivity index (χ2n) is 9.51. The quantitative estimate of drug-likeness (QED) is 0.428. The summed E-state index contributed by atoms with van der Waals surface area (Å²) in [5, 5.41) is 19.7. The SMILES string of the molecule is C=Cc1cc(N2CCN3CCC[C@H]3C2)ccc1S(=O)(=O)C1CCN(c2ccc([N+](=O)[O-])c(C#N)n2)C1. The van der Waals surface area contributed by atoms with Gasteiger partial charge >= 0.3 is 5.69 Å². The van der Waals surface area contributed by atoms with E-state index in [1.54, 1.807) is 23.1 Å². The van der Waals surface area contributed by atoms with Crippen molar-refractivity contribution in [3.8, 4) is 6.07 Å². The molecule has 0 aliphatic carbocycles. The molecule has 2 atom stereocenters. The number of nitrogens with zero attached hydrogens (tertiary/aromatic N) is 6. The predicted octanol–water partition coefficient (Wildman–Crippen LogP) is 2.84. The standard InChI is InChI=1S/C25H28N6O4S/c1-2-18-14-19(29-13-12-28-10-3-4-20(28)16-29)5-7-24(18)36(34,35)21-9-11-30(17-21)25-8-6-23(31(32)33)22(15-26)27-25/h2,5-8,14,20-21H,1,3-4,9-13,16-17H2/t20-,21?/m0/s1. The van der Waals surface area contributed by atoms with Crippen molar-refractivity contribution in [1.82, 2.24) is 9.88 Å². The summed E-state index contributed by atoms with van der Waals surface area (Å²) in [7, 11) is -3.66. The van der Waals surface area contributed by atoms with E-state index in [1.807, 2.05) is 12.1 Å². The summed E-state index contributed by atoms with van der Waals surface area (Å²) in [5.74, 6) is 0.361. The highest BCUT2D eigenvalue weighted by Gasteiger charge is 2.37. The van der Waals surface area contributed by atoms with Gasteiger partial charge in [0.25, 0.3) is 0 Å². The van der Waals surface area contributed by atoms with Crippen LogP contribution in [-0.2, 0) is 9.84 Å². The highest BCUT2D eigenvalue weighted by molar-refractivity contribution is 7.92. The summed E-state index contributed by atoms with van der Waals surface area (Å²) >= 11 is 0. The third kappa shape index (κ3) is 4.31. The van der Waals surface area contributed by atoms with Crippen LogP contribution in [0.1, 0.15) is 30.5 Å². The van der Waals surface area contributed by atoms with Crippen LogP contribution in [0, 0.1) is 21.4 Å². The van der Waals surface area contributed by atoms with Crippen molar-refractivity contribution in [2.24, 2.45) is 0 Å². The molecule has 3 aliphatic rings. The number of nitro groups is 1. The first-order chi connectivity index (χ1) is 17.3. The number of hydrogen-bond donors (Lipinski definition) is 0. The average molecular weight is 509 g/mol. The molecule has 11 heteroatoms. The lowest BCUT2D eigenvalue weighted by molar-refractivity contribution is -0.385. The molecular weight excluding hydrogens is 480 g/mol. The van der Waals surface area contributed by atoms with Crippen molar-refractivity contribution < 1.29 is 13.3 Å². The molecule has 1 unspecified atom stereocenters. The Hall–Kier alpha value is -3.49. The molecule has 3 saturated heterocycles. The Morgan fingerprint density at radius 1 is 1.11 bits per heavy atom. The number of anilines is 2. The Morgan fingerprint density at radius 2 is 1.94 bits per heavy atom. The van der Waals surface area contributed by atoms with Crippen molar-refractivity contribution in [3.63, 3.8) is 0 Å². The Labute approximate surface area is 210 Å². The van der Waals surface area contributed by atoms with Crippen LogP contribution in [-0.4, -0.2) is 73.8 Å². The molecule has 0 saturated carbocycles. The second-order valence-corrected chi connectivity index (χ2v) is 11.7. The van der Waals surface area contributed by atoms with Crippen LogP contribution in [0.5, 0.6) is 0 Å². The van der Waals surface area contributed by atoms with E-state index in [0.717, 1.165) is 25.3 Å². The lowest BCUT2D eigenvalue weighted by atomic mass is 10.1. The van der Waals surface area contributed by atoms with E-state index < -0.39 is 20.0 Å². The van der Waals surface area contributed by atoms with Gasteiger partial charge in [0, 0.05) is 50.5 Å². The molecule has 2 aromatic rings. The van der Waals surface area contributed by atoms with Crippen molar-refractivity contribution in [2.75, 3.05) is 49.1 Å². The third-order valence-corrected chi connectivity index (χ3v) is 9.79. The summed E-state index contributed by atoms with van der Waals surface area (Å²) in [5.41, 5.74) is 0.962. The number of benzene rings is 1. The van der Waals surface area contributed by atoms with Crippen molar-refractivity contribution in [1.29, 1.82) is 5.26 Å². The largest absolute Gasteiger partial charge is 0.369 e. The number of nitriles is 1. The molecule has 188 valence electrons. The second kappa shape index (κ2) is 9.52. The fourth-order valence-electron chi connectivity index (χ4n) is 5.59. The molecule has 0 amide bonds. The summed E-state index contributed by atoms with van der Waals surface area (Å²) in [6.07, 6.45) is 4.44. The van der Waals surface area contributed by atoms with Gasteiger partial charge in [-0.2, -0.15) is 5.26 Å². The first kappa shape index (κ1) is 24.2. The molecule has 4 heterocycles. The Morgan fingerprint density at radius 3 is 2.69 bits per heavy atom. The van der Waals surface area contributed by atoms with Crippen molar-refractivity contribution >= 4 is 33.1 Å². The van der Waals surface area contributed by atoms with Crippen LogP contribution < -0.4 is 9.80 Å². The topological polar surface area (TPSA) is 124 Å². The van der Waals surface area contributed by atoms with Gasteiger partial charge in [-0.15, -0.1) is 0 Å². The van der Waals surface area contributed by atoms with Crippen molar-refractivity contribution in [2.45, 2.75) is 35.4 Å². The van der Waals surface area contributed by atoms with Gasteiger partial charge in [-0.05, 0) is 55.6 Å². The zero-order chi connectivity index (χ0) is 25.4. The fourth-order valence-corrected chi connectivity index (χ4v) is 7.47. The highest BCUT2D eigenvalue weighted by Crippen LogP contribution is 2.33. The number of pyridine rings is 1. The molecule has 0 radical (unpaired) electrons. The molecule has 5 rings (SSSR count). The Balaban J connectivity index is 1.35. The van der Waals surface area contributed by atoms with Crippen molar-refractivity contribution in [3.05, 3.63) is 58.3 Å². The Kier molecular flexibility index (Phi) is 6.40. The van der Waals surface area contributed by atoms with Gasteiger partial charge in [-0.25, -0.2) is 13.4 Å². The molecule has 0 spiro atoms. The summed E-state index contributed by atoms with van der Waals surface area (Å²) in [4.78, 5) is 21.4. The van der Waals surface area contributed by atoms with Crippen LogP contribution in [0.4, 0.5) is 17.2 Å². The fraction of sp³-hybridized carbons (Fsp3) is 0.440. The number of hydrogen-bond acceptors (Lipinski definition) is 9. The molecular formula is C25H28N6O4S. The molecule has 36 heavy (non-hydrogen) atoms. The molecule has 0 N–H and O–H groups in total. The molecule has 1 aromatic carbocycles. The maximum atomic E-state index is 13.6. The van der Waals surface area contributed by atoms with Crippen LogP contribution in [0.3, 0.4) is 0 Å². The number of fused-ring (bicyclic) bond motifs is 1. The average Bonchev–Trinajstić information content (AvgIpc) is 3.57. The minimum absolute atomic E-state index is 0.194. The van der Waals surface area contributed by atoms with Gasteiger partial charge in [0.2, 0.25) is 5.69 Å². The van der Waals surface area contributed by atoms with E-state index in [9.17, 15) is 23.8 Å². The van der Waals surface area contributed by atoms with E-state index in [2.05, 4.69) is 21.4 Å². The molecule has 0 bridgehead atoms. The summed E-state index contributed by atoms with van der Waals surface area (Å²) < 4.78 is 27.3. The minimum Gasteiger partial charge on any atom is -0.369 e. The summed E-state index contributed by atoms with van der Waals surface area (Å²) in [6, 6.07) is 10.5. The van der Waals surface area contributed by atoms with Gasteiger partial charge in [0.05, 0.1) is 15.1 Å². The minimum atomic E-state index is -3.66. The van der Waals surface area contributed by atoms with E-state index in [-0.39, 0.29) is 22.8 Å². The maximum absolute atomic E-state index is 13.6. The predicted molar refractivity (Wildman–Crippen MR) is 137 cm³/mol. The molecule has 3 fully saturated rings. The van der Waals surface area contributed by atoms with E-state index >= 15 is 0 Å². The number of piperazine rings is 1. The van der Waals surface area contributed by atoms with Crippen LogP contribution >= 0.6 is 0 Å². The highest BCUT2D eigenvalue weighted by atomic mass is 32.2. The normalized spacial score (nSPS) is 22.3. The first-order valence-electron chi connectivity index (χ1n) is 12.1. The van der Waals surface area contributed by atoms with E-state index in [0.29, 0.717) is 30.4 Å². The number of sulfone groups is 1.